The van der Waals surface area contributed by atoms with E-state index in [-0.39, 0.29) is 50.1 Å². The Morgan fingerprint density at radius 2 is 1.65 bits per heavy atom. The fraction of sp³-hybridized carbons (Fsp3) is 0.389. The number of nitrogens with zero attached hydrogens (tertiary/aromatic N) is 5. The molecule has 2 aliphatic heterocycles. The molecule has 0 aliphatic carbocycles. The SMILES string of the molecule is Cc1ncsc1-c1ccc(CNC(=O)C2C[C@H](O)CN2C(=O)C(NC(=O)COCCOc2cccc(CCCOc3ccc(N4C(=S)N(c5ccc(C#N)c(C(F)(F)F)c5)C(=O)C4(C)C)cc3)c2)C(C)(C)C)cc1. The predicted molar refractivity (Wildman–Crippen MR) is 277 cm³/mol. The average Bonchev–Trinajstić information content (AvgIpc) is 4.02. The van der Waals surface area contributed by atoms with Gasteiger partial charge in [0.2, 0.25) is 17.7 Å². The van der Waals surface area contributed by atoms with Crippen LogP contribution in [0.5, 0.6) is 11.5 Å². The van der Waals surface area contributed by atoms with Crippen LogP contribution in [0.25, 0.3) is 10.4 Å². The van der Waals surface area contributed by atoms with Crippen molar-refractivity contribution in [2.45, 2.75) is 97.3 Å². The van der Waals surface area contributed by atoms with Gasteiger partial charge in [0.05, 0.1) is 58.3 Å². The van der Waals surface area contributed by atoms with Crippen molar-refractivity contribution < 1.29 is 51.7 Å². The lowest BCUT2D eigenvalue weighted by Crippen LogP contribution is -2.58. The second kappa shape index (κ2) is 23.1. The van der Waals surface area contributed by atoms with Crippen LogP contribution in [0.15, 0.2) is 96.5 Å². The number of aliphatic hydroxyl groups excluding tert-OH is 1. The van der Waals surface area contributed by atoms with Gasteiger partial charge in [0.25, 0.3) is 5.91 Å². The van der Waals surface area contributed by atoms with Crippen LogP contribution >= 0.6 is 23.6 Å². The molecule has 1 aromatic heterocycles. The standard InChI is InChI=1S/C54H58F3N7O8S2/c1-33-46(74-32-60-33)36-14-12-35(13-15-36)29-59-48(67)44-27-40(65)30-62(44)49(68)47(52(2,3)4)61-45(66)31-70-23-24-72-42-11-7-9-34(25-42)10-8-22-71-41-20-18-38(19-21-41)64-51(73)63(50(69)53(64,5)6)39-17-16-37(28-58)43(26-39)54(55,56)57/h7,9,11-21,25-26,32,40,44,47,65H,8,10,22-24,27,29-31H2,1-6H3,(H,59,67)(H,61,66)/t40-,44?,47?/m0/s1. The molecule has 15 nitrogen and oxygen atoms in total. The minimum atomic E-state index is -4.81. The number of alkyl halides is 3. The monoisotopic (exact) mass is 1050 g/mol. The molecule has 20 heteroatoms. The van der Waals surface area contributed by atoms with Gasteiger partial charge in [-0.25, -0.2) is 4.98 Å². The average molecular weight is 1050 g/mol. The molecule has 2 aliphatic rings. The van der Waals surface area contributed by atoms with E-state index in [1.165, 1.54) is 11.0 Å². The molecule has 0 saturated carbocycles. The maximum Gasteiger partial charge on any atom is 0.417 e. The first kappa shape index (κ1) is 54.8. The second-order valence-corrected chi connectivity index (χ2v) is 20.8. The molecule has 2 saturated heterocycles. The van der Waals surface area contributed by atoms with Crippen molar-refractivity contribution in [1.82, 2.24) is 20.5 Å². The Hall–Kier alpha value is -6.92. The Morgan fingerprint density at radius 3 is 2.31 bits per heavy atom. The fourth-order valence-corrected chi connectivity index (χ4v) is 10.1. The number of benzene rings is 4. The molecular weight excluding hydrogens is 996 g/mol. The van der Waals surface area contributed by atoms with Crippen molar-refractivity contribution in [3.8, 4) is 28.0 Å². The third-order valence-electron chi connectivity index (χ3n) is 12.7. The lowest BCUT2D eigenvalue weighted by Gasteiger charge is -2.35. The van der Waals surface area contributed by atoms with Crippen LogP contribution in [0.3, 0.4) is 0 Å². The number of hydrogen-bond donors (Lipinski definition) is 3. The van der Waals surface area contributed by atoms with Gasteiger partial charge in [-0.15, -0.1) is 11.3 Å². The van der Waals surface area contributed by atoms with E-state index in [0.29, 0.717) is 36.6 Å². The number of hydrogen-bond acceptors (Lipinski definition) is 12. The number of nitrogens with one attached hydrogen (secondary N) is 2. The first-order valence-corrected chi connectivity index (χ1v) is 25.2. The highest BCUT2D eigenvalue weighted by Gasteiger charge is 2.51. The highest BCUT2D eigenvalue weighted by atomic mass is 32.1. The maximum atomic E-state index is 14.0. The number of amides is 4. The second-order valence-electron chi connectivity index (χ2n) is 19.6. The number of anilines is 2. The van der Waals surface area contributed by atoms with E-state index in [9.17, 15) is 42.7 Å². The summed E-state index contributed by atoms with van der Waals surface area (Å²) in [6, 6.07) is 24.9. The smallest absolute Gasteiger partial charge is 0.417 e. The zero-order chi connectivity index (χ0) is 53.5. The molecule has 5 aromatic rings. The van der Waals surface area contributed by atoms with Crippen molar-refractivity contribution >= 4 is 63.7 Å². The molecule has 74 heavy (non-hydrogen) atoms. The first-order valence-electron chi connectivity index (χ1n) is 23.9. The van der Waals surface area contributed by atoms with Crippen LogP contribution in [-0.4, -0.2) is 100 Å². The third-order valence-corrected chi connectivity index (χ3v) is 14.0. The van der Waals surface area contributed by atoms with Gasteiger partial charge >= 0.3 is 6.18 Å². The summed E-state index contributed by atoms with van der Waals surface area (Å²) in [6.45, 7) is 11.1. The van der Waals surface area contributed by atoms with Crippen molar-refractivity contribution in [2.24, 2.45) is 5.41 Å². The van der Waals surface area contributed by atoms with Gasteiger partial charge in [-0.05, 0) is 123 Å². The normalized spacial score (nSPS) is 17.0. The van der Waals surface area contributed by atoms with Gasteiger partial charge in [-0.3, -0.25) is 24.1 Å². The highest BCUT2D eigenvalue weighted by Crippen LogP contribution is 2.40. The molecule has 2 unspecified atom stereocenters. The maximum absolute atomic E-state index is 14.0. The van der Waals surface area contributed by atoms with E-state index >= 15 is 0 Å². The molecule has 3 heterocycles. The van der Waals surface area contributed by atoms with E-state index in [4.69, 9.17) is 26.4 Å². The van der Waals surface area contributed by atoms with Crippen LogP contribution in [0.2, 0.25) is 0 Å². The van der Waals surface area contributed by atoms with Crippen LogP contribution < -0.4 is 29.9 Å². The summed E-state index contributed by atoms with van der Waals surface area (Å²) in [5, 5.41) is 25.5. The largest absolute Gasteiger partial charge is 0.494 e. The lowest BCUT2D eigenvalue weighted by atomic mass is 9.85. The zero-order valence-corrected chi connectivity index (χ0v) is 43.5. The molecule has 4 aromatic carbocycles. The van der Waals surface area contributed by atoms with Crippen LogP contribution in [0.4, 0.5) is 24.5 Å². The van der Waals surface area contributed by atoms with E-state index in [1.54, 1.807) is 65.9 Å². The quantitative estimate of drug-likeness (QED) is 0.0533. The number of aromatic nitrogens is 1. The fourth-order valence-electron chi connectivity index (χ4n) is 8.77. The number of β-amino-alcohol motifs (C(OH)–C–C–N with tert-alkyl or cyclic N) is 1. The Balaban J connectivity index is 0.828. The topological polar surface area (TPSA) is 187 Å². The van der Waals surface area contributed by atoms with Gasteiger partial charge in [0, 0.05) is 25.2 Å². The summed E-state index contributed by atoms with van der Waals surface area (Å²) >= 11 is 7.20. The number of thiazole rings is 1. The molecule has 3 atom stereocenters. The highest BCUT2D eigenvalue weighted by molar-refractivity contribution is 7.81. The summed E-state index contributed by atoms with van der Waals surface area (Å²) < 4.78 is 58.8. The third kappa shape index (κ3) is 12.9. The minimum Gasteiger partial charge on any atom is -0.494 e. The van der Waals surface area contributed by atoms with Gasteiger partial charge in [-0.2, -0.15) is 18.4 Å². The van der Waals surface area contributed by atoms with E-state index in [2.05, 4.69) is 15.6 Å². The number of rotatable bonds is 19. The Kier molecular flexibility index (Phi) is 17.1. The van der Waals surface area contributed by atoms with Crippen LogP contribution in [0.1, 0.15) is 75.4 Å². The van der Waals surface area contributed by atoms with Gasteiger partial charge in [0.15, 0.2) is 5.11 Å². The number of aryl methyl sites for hydroxylation is 2. The number of likely N-dealkylation sites (tertiary alicyclic amines) is 1. The molecular formula is C54H58F3N7O8S2. The molecule has 0 bridgehead atoms. The number of ether oxygens (including phenoxy) is 3. The van der Waals surface area contributed by atoms with Crippen molar-refractivity contribution in [3.63, 3.8) is 0 Å². The van der Waals surface area contributed by atoms with E-state index in [1.807, 2.05) is 76.2 Å². The summed E-state index contributed by atoms with van der Waals surface area (Å²) in [4.78, 5) is 63.6. The first-order chi connectivity index (χ1) is 35.1. The number of halogens is 3. The van der Waals surface area contributed by atoms with Gasteiger partial charge in [0.1, 0.15) is 42.3 Å². The number of aliphatic hydroxyl groups is 1. The summed E-state index contributed by atoms with van der Waals surface area (Å²) in [7, 11) is 0. The minimum absolute atomic E-state index is 0.00957. The Bertz CT molecular complexity index is 2900. The molecule has 390 valence electrons. The lowest BCUT2D eigenvalue weighted by molar-refractivity contribution is -0.144. The van der Waals surface area contributed by atoms with Crippen molar-refractivity contribution in [1.29, 1.82) is 5.26 Å². The Morgan fingerprint density at radius 1 is 0.946 bits per heavy atom. The molecule has 3 N–H and O–H groups in total. The van der Waals surface area contributed by atoms with E-state index < -0.39 is 70.1 Å². The van der Waals surface area contributed by atoms with Crippen LogP contribution in [-0.2, 0) is 43.1 Å². The molecule has 2 fully saturated rings. The Labute approximate surface area is 437 Å². The van der Waals surface area contributed by atoms with Gasteiger partial charge in [-0.1, -0.05) is 57.2 Å². The van der Waals surface area contributed by atoms with Gasteiger partial charge < -0.3 is 39.8 Å². The predicted octanol–water partition coefficient (Wildman–Crippen LogP) is 8.14. The molecule has 4 amide bonds. The molecule has 0 radical (unpaired) electrons. The van der Waals surface area contributed by atoms with Crippen molar-refractivity contribution in [2.75, 3.05) is 42.8 Å². The zero-order valence-electron chi connectivity index (χ0n) is 41.8. The van der Waals surface area contributed by atoms with Crippen molar-refractivity contribution in [3.05, 3.63) is 124 Å². The molecule has 0 spiro atoms. The van der Waals surface area contributed by atoms with E-state index in [0.717, 1.165) is 44.3 Å². The number of carbonyl (C=O) groups excluding carboxylic acids is 4. The molecule has 7 rings (SSSR count). The summed E-state index contributed by atoms with van der Waals surface area (Å²) in [5.41, 5.74) is 2.41. The number of nitriles is 1. The summed E-state index contributed by atoms with van der Waals surface area (Å²) in [6.07, 6.45) is -4.31. The summed E-state index contributed by atoms with van der Waals surface area (Å²) in [5.74, 6) is -0.748. The number of thiocarbonyl (C=S) groups is 1. The number of carbonyl (C=O) groups is 4. The van der Waals surface area contributed by atoms with Crippen LogP contribution in [0, 0.1) is 23.7 Å².